The normalized spacial score (nSPS) is 22.8. The molecule has 1 saturated heterocycles. The average Bonchev–Trinajstić information content (AvgIpc) is 2.88. The number of carbonyl (C=O) groups excluding carboxylic acids is 1. The molecule has 4 nitrogen and oxygen atoms in total. The number of aliphatic imine (C=N–C) groups is 1. The van der Waals surface area contributed by atoms with Crippen molar-refractivity contribution in [2.24, 2.45) is 4.99 Å². The van der Waals surface area contributed by atoms with E-state index in [2.05, 4.69) is 16.4 Å². The Balaban J connectivity index is 1.75. The second kappa shape index (κ2) is 6.80. The van der Waals surface area contributed by atoms with Gasteiger partial charge < -0.3 is 5.32 Å². The maximum absolute atomic E-state index is 12.0. The summed E-state index contributed by atoms with van der Waals surface area (Å²) in [7, 11) is 0. The van der Waals surface area contributed by atoms with Crippen LogP contribution in [0.15, 0.2) is 34.2 Å². The predicted molar refractivity (Wildman–Crippen MR) is 89.2 cm³/mol. The van der Waals surface area contributed by atoms with Gasteiger partial charge in [0.2, 0.25) is 0 Å². The Morgan fingerprint density at radius 3 is 2.91 bits per heavy atom. The number of nitriles is 1. The van der Waals surface area contributed by atoms with Gasteiger partial charge in [0.15, 0.2) is 5.17 Å². The Hall–Kier alpha value is -2.06. The lowest BCUT2D eigenvalue weighted by Gasteiger charge is -2.17. The predicted octanol–water partition coefficient (Wildman–Crippen LogP) is 3.45. The topological polar surface area (TPSA) is 65.2 Å². The summed E-state index contributed by atoms with van der Waals surface area (Å²) < 4.78 is 0. The smallest absolute Gasteiger partial charge is 0.264 e. The molecule has 1 saturated carbocycles. The van der Waals surface area contributed by atoms with Gasteiger partial charge in [-0.25, -0.2) is 0 Å². The lowest BCUT2D eigenvalue weighted by atomic mass is 9.96. The highest BCUT2D eigenvalue weighted by Gasteiger charge is 2.25. The van der Waals surface area contributed by atoms with Crippen LogP contribution in [0.2, 0.25) is 0 Å². The van der Waals surface area contributed by atoms with Gasteiger partial charge in [0.25, 0.3) is 5.91 Å². The zero-order chi connectivity index (χ0) is 15.4. The second-order valence-electron chi connectivity index (χ2n) is 5.53. The third kappa shape index (κ3) is 3.58. The van der Waals surface area contributed by atoms with Gasteiger partial charge in [-0.1, -0.05) is 31.4 Å². The van der Waals surface area contributed by atoms with Crippen LogP contribution in [0.1, 0.15) is 43.2 Å². The molecule has 22 heavy (non-hydrogen) atoms. The quantitative estimate of drug-likeness (QED) is 0.851. The molecule has 3 rings (SSSR count). The van der Waals surface area contributed by atoms with Crippen LogP contribution < -0.4 is 5.32 Å². The van der Waals surface area contributed by atoms with E-state index in [0.29, 0.717) is 21.7 Å². The van der Waals surface area contributed by atoms with Crippen molar-refractivity contribution in [3.63, 3.8) is 0 Å². The fourth-order valence-corrected chi connectivity index (χ4v) is 3.61. The summed E-state index contributed by atoms with van der Waals surface area (Å²) in [6.07, 6.45) is 7.78. The van der Waals surface area contributed by atoms with Crippen molar-refractivity contribution in [2.45, 2.75) is 38.1 Å². The monoisotopic (exact) mass is 311 g/mol. The van der Waals surface area contributed by atoms with Gasteiger partial charge in [-0.05, 0) is 48.4 Å². The molecule has 0 radical (unpaired) electrons. The van der Waals surface area contributed by atoms with Gasteiger partial charge in [-0.15, -0.1) is 0 Å². The maximum Gasteiger partial charge on any atom is 0.264 e. The molecular formula is C17H17N3OS. The molecule has 1 N–H and O–H groups in total. The van der Waals surface area contributed by atoms with Gasteiger partial charge in [0, 0.05) is 0 Å². The molecule has 0 unspecified atom stereocenters. The molecule has 0 aromatic heterocycles. The molecule has 0 atom stereocenters. The molecule has 2 aliphatic rings. The summed E-state index contributed by atoms with van der Waals surface area (Å²) in [6.45, 7) is 0. The van der Waals surface area contributed by atoms with E-state index in [0.717, 1.165) is 18.4 Å². The van der Waals surface area contributed by atoms with Crippen LogP contribution in [0.25, 0.3) is 6.08 Å². The highest BCUT2D eigenvalue weighted by molar-refractivity contribution is 8.18. The highest BCUT2D eigenvalue weighted by Crippen LogP contribution is 2.28. The maximum atomic E-state index is 12.0. The van der Waals surface area contributed by atoms with Gasteiger partial charge in [-0.2, -0.15) is 5.26 Å². The molecule has 1 aliphatic heterocycles. The Morgan fingerprint density at radius 2 is 2.14 bits per heavy atom. The number of nitrogens with zero attached hydrogens (tertiary/aromatic N) is 2. The van der Waals surface area contributed by atoms with E-state index in [9.17, 15) is 4.79 Å². The van der Waals surface area contributed by atoms with E-state index < -0.39 is 0 Å². The number of rotatable bonds is 2. The van der Waals surface area contributed by atoms with E-state index in [1.165, 1.54) is 31.0 Å². The zero-order valence-electron chi connectivity index (χ0n) is 12.2. The summed E-state index contributed by atoms with van der Waals surface area (Å²) in [4.78, 5) is 17.3. The van der Waals surface area contributed by atoms with Gasteiger partial charge in [0.05, 0.1) is 22.6 Å². The zero-order valence-corrected chi connectivity index (χ0v) is 13.0. The van der Waals surface area contributed by atoms with Gasteiger partial charge in [-0.3, -0.25) is 9.79 Å². The Morgan fingerprint density at radius 1 is 1.32 bits per heavy atom. The third-order valence-corrected chi connectivity index (χ3v) is 4.76. The van der Waals surface area contributed by atoms with Crippen molar-refractivity contribution in [1.29, 1.82) is 5.26 Å². The summed E-state index contributed by atoms with van der Waals surface area (Å²) in [6, 6.07) is 9.68. The SMILES string of the molecule is N#Cc1cccc(/C=C2\SC(=NC3CCCCC3)NC2=O)c1. The van der Waals surface area contributed by atoms with E-state index in [4.69, 9.17) is 5.26 Å². The van der Waals surface area contributed by atoms with Crippen LogP contribution in [0, 0.1) is 11.3 Å². The van der Waals surface area contributed by atoms with E-state index in [1.54, 1.807) is 12.1 Å². The molecule has 1 aromatic rings. The number of benzene rings is 1. The lowest BCUT2D eigenvalue weighted by Crippen LogP contribution is -2.22. The van der Waals surface area contributed by atoms with E-state index in [1.807, 2.05) is 18.2 Å². The van der Waals surface area contributed by atoms with E-state index >= 15 is 0 Å². The first-order chi connectivity index (χ1) is 10.7. The van der Waals surface area contributed by atoms with Crippen molar-refractivity contribution in [2.75, 3.05) is 0 Å². The van der Waals surface area contributed by atoms with Gasteiger partial charge in [0.1, 0.15) is 0 Å². The number of amides is 1. The molecule has 0 bridgehead atoms. The molecular weight excluding hydrogens is 294 g/mol. The fraction of sp³-hybridized carbons (Fsp3) is 0.353. The molecule has 0 spiro atoms. The number of hydrogen-bond donors (Lipinski definition) is 1. The first kappa shape index (κ1) is 14.9. The summed E-state index contributed by atoms with van der Waals surface area (Å²) in [5.74, 6) is -0.109. The van der Waals surface area contributed by atoms with Crippen LogP contribution >= 0.6 is 11.8 Å². The van der Waals surface area contributed by atoms with Crippen LogP contribution in [0.3, 0.4) is 0 Å². The molecule has 2 fully saturated rings. The van der Waals surface area contributed by atoms with Crippen molar-refractivity contribution < 1.29 is 4.79 Å². The van der Waals surface area contributed by atoms with Crippen LogP contribution in [0.4, 0.5) is 0 Å². The number of amidine groups is 1. The first-order valence-electron chi connectivity index (χ1n) is 7.53. The summed E-state index contributed by atoms with van der Waals surface area (Å²) >= 11 is 1.39. The van der Waals surface area contributed by atoms with Crippen molar-refractivity contribution in [3.8, 4) is 6.07 Å². The van der Waals surface area contributed by atoms with Crippen LogP contribution in [-0.4, -0.2) is 17.1 Å². The number of carbonyl (C=O) groups is 1. The minimum Gasteiger partial charge on any atom is -0.301 e. The Bertz CT molecular complexity index is 681. The number of nitrogens with one attached hydrogen (secondary N) is 1. The second-order valence-corrected chi connectivity index (χ2v) is 6.56. The summed E-state index contributed by atoms with van der Waals surface area (Å²) in [5.41, 5.74) is 1.45. The van der Waals surface area contributed by atoms with Gasteiger partial charge >= 0.3 is 0 Å². The standard InChI is InChI=1S/C17H17N3OS/c18-11-13-6-4-5-12(9-13)10-15-16(21)20-17(22-15)19-14-7-2-1-3-8-14/h4-6,9-10,14H,1-3,7-8H2,(H,19,20,21)/b15-10-. The first-order valence-corrected chi connectivity index (χ1v) is 8.35. The summed E-state index contributed by atoms with van der Waals surface area (Å²) in [5, 5.41) is 12.5. The average molecular weight is 311 g/mol. The largest absolute Gasteiger partial charge is 0.301 e. The van der Waals surface area contributed by atoms with Crippen LogP contribution in [0.5, 0.6) is 0 Å². The Kier molecular flexibility index (Phi) is 4.59. The highest BCUT2D eigenvalue weighted by atomic mass is 32.2. The molecule has 1 aromatic carbocycles. The molecule has 5 heteroatoms. The minimum atomic E-state index is -0.109. The molecule has 1 aliphatic carbocycles. The van der Waals surface area contributed by atoms with Crippen molar-refractivity contribution in [3.05, 3.63) is 40.3 Å². The Labute approximate surface area is 134 Å². The third-order valence-electron chi connectivity index (χ3n) is 3.84. The molecule has 112 valence electrons. The minimum absolute atomic E-state index is 0.109. The van der Waals surface area contributed by atoms with Crippen molar-refractivity contribution >= 4 is 28.9 Å². The fourth-order valence-electron chi connectivity index (χ4n) is 2.71. The number of hydrogen-bond acceptors (Lipinski definition) is 4. The van der Waals surface area contributed by atoms with Crippen molar-refractivity contribution in [1.82, 2.24) is 5.32 Å². The van der Waals surface area contributed by atoms with E-state index in [-0.39, 0.29) is 5.91 Å². The molecule has 1 heterocycles. The number of thioether (sulfide) groups is 1. The lowest BCUT2D eigenvalue weighted by molar-refractivity contribution is -0.115. The van der Waals surface area contributed by atoms with Crippen LogP contribution in [-0.2, 0) is 4.79 Å². The molecule has 1 amide bonds.